The van der Waals surface area contributed by atoms with E-state index < -0.39 is 0 Å². The lowest BCUT2D eigenvalue weighted by atomic mass is 10.2. The molecule has 1 N–H and O–H groups in total. The fourth-order valence-corrected chi connectivity index (χ4v) is 3.06. The molecule has 0 unspecified atom stereocenters. The summed E-state index contributed by atoms with van der Waals surface area (Å²) in [7, 11) is 0. The fourth-order valence-electron chi connectivity index (χ4n) is 3.06. The summed E-state index contributed by atoms with van der Waals surface area (Å²) in [6, 6.07) is 9.67. The van der Waals surface area contributed by atoms with Crippen LogP contribution in [0.15, 0.2) is 61.3 Å². The van der Waals surface area contributed by atoms with E-state index in [2.05, 4.69) is 35.1 Å². The number of nitrogens with one attached hydrogen (secondary N) is 1. The first kappa shape index (κ1) is 17.8. The van der Waals surface area contributed by atoms with Gasteiger partial charge in [-0.2, -0.15) is 0 Å². The smallest absolute Gasteiger partial charge is 0.254 e. The van der Waals surface area contributed by atoms with Gasteiger partial charge in [-0.1, -0.05) is 6.07 Å². The Hall–Kier alpha value is -3.55. The van der Waals surface area contributed by atoms with Gasteiger partial charge in [0.25, 0.3) is 5.91 Å². The molecule has 0 aliphatic carbocycles. The average molecular weight is 375 g/mol. The lowest BCUT2D eigenvalue weighted by Gasteiger charge is -2.35. The van der Waals surface area contributed by atoms with Crippen LogP contribution in [0.4, 0.5) is 11.8 Å². The normalized spacial score (nSPS) is 14.0. The molecule has 0 spiro atoms. The van der Waals surface area contributed by atoms with Crippen LogP contribution < -0.4 is 15.1 Å². The van der Waals surface area contributed by atoms with Crippen molar-refractivity contribution in [3.63, 3.8) is 0 Å². The summed E-state index contributed by atoms with van der Waals surface area (Å²) in [5, 5.41) is 2.86. The van der Waals surface area contributed by atoms with Gasteiger partial charge in [-0.05, 0) is 29.8 Å². The van der Waals surface area contributed by atoms with E-state index in [4.69, 9.17) is 0 Å². The van der Waals surface area contributed by atoms with Crippen molar-refractivity contribution in [2.24, 2.45) is 0 Å². The molecule has 1 aliphatic rings. The molecule has 8 heteroatoms. The van der Waals surface area contributed by atoms with Gasteiger partial charge < -0.3 is 15.1 Å². The third-order valence-corrected chi connectivity index (χ3v) is 4.64. The molecule has 4 heterocycles. The molecule has 1 saturated heterocycles. The van der Waals surface area contributed by atoms with Crippen molar-refractivity contribution in [2.45, 2.75) is 6.54 Å². The SMILES string of the molecule is O=C(NCc1ccncc1)c1cnc(N2CCN(c3ccccn3)CC2)nc1. The standard InChI is InChI=1S/C20H21N7O/c28-19(23-13-16-4-7-21-8-5-16)17-14-24-20(25-15-17)27-11-9-26(10-12-27)18-3-1-2-6-22-18/h1-8,14-15H,9-13H2,(H,23,28). The van der Waals surface area contributed by atoms with Crippen LogP contribution in [0.3, 0.4) is 0 Å². The number of nitrogens with zero attached hydrogens (tertiary/aromatic N) is 6. The molecule has 0 radical (unpaired) electrons. The van der Waals surface area contributed by atoms with E-state index in [0.717, 1.165) is 37.6 Å². The van der Waals surface area contributed by atoms with Crippen molar-refractivity contribution >= 4 is 17.7 Å². The molecular weight excluding hydrogens is 354 g/mol. The van der Waals surface area contributed by atoms with Gasteiger partial charge in [0.2, 0.25) is 5.95 Å². The molecule has 3 aromatic heterocycles. The van der Waals surface area contributed by atoms with E-state index in [0.29, 0.717) is 18.1 Å². The first-order chi connectivity index (χ1) is 13.8. The van der Waals surface area contributed by atoms with Crippen LogP contribution >= 0.6 is 0 Å². The molecule has 3 aromatic rings. The maximum absolute atomic E-state index is 12.3. The van der Waals surface area contributed by atoms with E-state index in [1.807, 2.05) is 36.5 Å². The van der Waals surface area contributed by atoms with Gasteiger partial charge in [0.05, 0.1) is 5.56 Å². The van der Waals surface area contributed by atoms with Crippen LogP contribution in [0.5, 0.6) is 0 Å². The number of hydrogen-bond acceptors (Lipinski definition) is 7. The van der Waals surface area contributed by atoms with Gasteiger partial charge in [-0.25, -0.2) is 15.0 Å². The highest BCUT2D eigenvalue weighted by Crippen LogP contribution is 2.15. The fraction of sp³-hybridized carbons (Fsp3) is 0.250. The zero-order valence-electron chi connectivity index (χ0n) is 15.4. The lowest BCUT2D eigenvalue weighted by Crippen LogP contribution is -2.47. The summed E-state index contributed by atoms with van der Waals surface area (Å²) < 4.78 is 0. The molecule has 0 aromatic carbocycles. The second kappa shape index (κ2) is 8.43. The van der Waals surface area contributed by atoms with Gasteiger partial charge in [-0.3, -0.25) is 9.78 Å². The second-order valence-corrected chi connectivity index (χ2v) is 6.47. The first-order valence-electron chi connectivity index (χ1n) is 9.20. The Kier molecular flexibility index (Phi) is 5.37. The highest BCUT2D eigenvalue weighted by Gasteiger charge is 2.20. The number of anilines is 2. The largest absolute Gasteiger partial charge is 0.353 e. The van der Waals surface area contributed by atoms with Crippen molar-refractivity contribution in [2.75, 3.05) is 36.0 Å². The van der Waals surface area contributed by atoms with Gasteiger partial charge in [0.1, 0.15) is 5.82 Å². The summed E-state index contributed by atoms with van der Waals surface area (Å²) in [6.45, 7) is 3.77. The van der Waals surface area contributed by atoms with Gasteiger partial charge in [-0.15, -0.1) is 0 Å². The zero-order chi connectivity index (χ0) is 19.2. The number of aromatic nitrogens is 4. The van der Waals surface area contributed by atoms with Crippen molar-refractivity contribution in [1.29, 1.82) is 0 Å². The number of rotatable bonds is 5. The van der Waals surface area contributed by atoms with Crippen molar-refractivity contribution in [3.8, 4) is 0 Å². The molecule has 142 valence electrons. The lowest BCUT2D eigenvalue weighted by molar-refractivity contribution is 0.0950. The predicted octanol–water partition coefficient (Wildman–Crippen LogP) is 1.52. The Morgan fingerprint density at radius 3 is 2.29 bits per heavy atom. The summed E-state index contributed by atoms with van der Waals surface area (Å²) in [5.74, 6) is 1.44. The van der Waals surface area contributed by atoms with Gasteiger partial charge >= 0.3 is 0 Å². The zero-order valence-corrected chi connectivity index (χ0v) is 15.4. The quantitative estimate of drug-likeness (QED) is 0.723. The van der Waals surface area contributed by atoms with Crippen LogP contribution in [0.2, 0.25) is 0 Å². The van der Waals surface area contributed by atoms with Gasteiger partial charge in [0.15, 0.2) is 0 Å². The van der Waals surface area contributed by atoms with E-state index >= 15 is 0 Å². The molecule has 8 nitrogen and oxygen atoms in total. The molecule has 1 amide bonds. The average Bonchev–Trinajstić information content (AvgIpc) is 2.79. The van der Waals surface area contributed by atoms with Gasteiger partial charge in [0, 0.05) is 63.7 Å². The number of pyridine rings is 2. The number of hydrogen-bond donors (Lipinski definition) is 1. The van der Waals surface area contributed by atoms with Crippen molar-refractivity contribution in [3.05, 3.63) is 72.4 Å². The number of carbonyl (C=O) groups is 1. The second-order valence-electron chi connectivity index (χ2n) is 6.47. The third kappa shape index (κ3) is 4.22. The highest BCUT2D eigenvalue weighted by molar-refractivity contribution is 5.93. The minimum absolute atomic E-state index is 0.191. The summed E-state index contributed by atoms with van der Waals surface area (Å²) >= 11 is 0. The van der Waals surface area contributed by atoms with E-state index in [1.165, 1.54) is 0 Å². The molecule has 4 rings (SSSR count). The van der Waals surface area contributed by atoms with Crippen LogP contribution in [-0.4, -0.2) is 52.0 Å². The van der Waals surface area contributed by atoms with Crippen molar-refractivity contribution < 1.29 is 4.79 Å². The Labute approximate surface area is 163 Å². The first-order valence-corrected chi connectivity index (χ1v) is 9.20. The van der Waals surface area contributed by atoms with E-state index in [-0.39, 0.29) is 5.91 Å². The molecule has 28 heavy (non-hydrogen) atoms. The Bertz CT molecular complexity index is 895. The minimum Gasteiger partial charge on any atom is -0.353 e. The number of carbonyl (C=O) groups excluding carboxylic acids is 1. The maximum Gasteiger partial charge on any atom is 0.254 e. The molecular formula is C20H21N7O. The van der Waals surface area contributed by atoms with Crippen LogP contribution in [-0.2, 0) is 6.54 Å². The third-order valence-electron chi connectivity index (χ3n) is 4.64. The molecule has 0 atom stereocenters. The Morgan fingerprint density at radius 2 is 1.61 bits per heavy atom. The topological polar surface area (TPSA) is 87.1 Å². The summed E-state index contributed by atoms with van der Waals surface area (Å²) in [4.78, 5) is 33.8. The number of piperazine rings is 1. The van der Waals surface area contributed by atoms with E-state index in [1.54, 1.807) is 24.8 Å². The molecule has 1 fully saturated rings. The summed E-state index contributed by atoms with van der Waals surface area (Å²) in [6.07, 6.45) is 8.37. The van der Waals surface area contributed by atoms with Crippen molar-refractivity contribution in [1.82, 2.24) is 25.3 Å². The monoisotopic (exact) mass is 375 g/mol. The Morgan fingerprint density at radius 1 is 0.893 bits per heavy atom. The highest BCUT2D eigenvalue weighted by atomic mass is 16.1. The predicted molar refractivity (Wildman–Crippen MR) is 106 cm³/mol. The minimum atomic E-state index is -0.191. The number of amides is 1. The van der Waals surface area contributed by atoms with Crippen LogP contribution in [0, 0.1) is 0 Å². The maximum atomic E-state index is 12.3. The van der Waals surface area contributed by atoms with Crippen LogP contribution in [0.25, 0.3) is 0 Å². The molecule has 0 bridgehead atoms. The Balaban J connectivity index is 1.31. The molecule has 0 saturated carbocycles. The molecule has 1 aliphatic heterocycles. The van der Waals surface area contributed by atoms with Crippen LogP contribution in [0.1, 0.15) is 15.9 Å². The summed E-state index contributed by atoms with van der Waals surface area (Å²) in [5.41, 5.74) is 1.44. The van der Waals surface area contributed by atoms with E-state index in [9.17, 15) is 4.79 Å².